The van der Waals surface area contributed by atoms with E-state index in [-0.39, 0.29) is 56.5 Å². The van der Waals surface area contributed by atoms with Crippen molar-refractivity contribution in [3.05, 3.63) is 65.7 Å². The Bertz CT molecular complexity index is 1160. The highest BCUT2D eigenvalue weighted by atomic mass is 16.7. The van der Waals surface area contributed by atoms with Crippen molar-refractivity contribution in [2.45, 2.75) is 38.0 Å². The van der Waals surface area contributed by atoms with E-state index in [9.17, 15) is 24.3 Å². The molecule has 4 rings (SSSR count). The Hall–Kier alpha value is -4.12. The molecule has 2 aliphatic heterocycles. The molecule has 0 aromatic heterocycles. The van der Waals surface area contributed by atoms with Gasteiger partial charge in [0.1, 0.15) is 5.75 Å². The third-order valence-corrected chi connectivity index (χ3v) is 6.71. The van der Waals surface area contributed by atoms with Crippen molar-refractivity contribution in [1.82, 2.24) is 14.9 Å². The number of carbonyl (C=O) groups is 4. The number of hydrogen-bond donors (Lipinski definition) is 2. The first-order valence-electron chi connectivity index (χ1n) is 12.4. The molecule has 11 heteroatoms. The molecule has 2 fully saturated rings. The van der Waals surface area contributed by atoms with Crippen LogP contribution in [0.4, 0.5) is 4.79 Å². The molecule has 0 saturated carbocycles. The summed E-state index contributed by atoms with van der Waals surface area (Å²) in [7, 11) is 1.55. The molecular formula is C27H31N3O8. The van der Waals surface area contributed by atoms with Gasteiger partial charge >= 0.3 is 12.1 Å². The maximum absolute atomic E-state index is 13.6. The lowest BCUT2D eigenvalue weighted by Crippen LogP contribution is -2.65. The molecule has 1 unspecified atom stereocenters. The van der Waals surface area contributed by atoms with E-state index in [1.54, 1.807) is 31.3 Å². The molecule has 2 saturated heterocycles. The smallest absolute Gasteiger partial charge is 0.436 e. The number of ether oxygens (including phenoxy) is 1. The van der Waals surface area contributed by atoms with Crippen LogP contribution in [0.25, 0.3) is 0 Å². The molecule has 38 heavy (non-hydrogen) atoms. The van der Waals surface area contributed by atoms with Gasteiger partial charge in [-0.3, -0.25) is 19.2 Å². The molecular weight excluding hydrogens is 494 g/mol. The normalized spacial score (nSPS) is 21.6. The summed E-state index contributed by atoms with van der Waals surface area (Å²) in [4.78, 5) is 59.7. The van der Waals surface area contributed by atoms with Crippen molar-refractivity contribution in [2.24, 2.45) is 5.92 Å². The van der Waals surface area contributed by atoms with E-state index in [4.69, 9.17) is 14.7 Å². The average molecular weight is 526 g/mol. The fraction of sp³-hybridized carbons (Fsp3) is 0.407. The molecule has 3 atom stereocenters. The number of rotatable bonds is 8. The van der Waals surface area contributed by atoms with Gasteiger partial charge in [-0.1, -0.05) is 42.5 Å². The lowest BCUT2D eigenvalue weighted by molar-refractivity contribution is -0.254. The molecule has 2 aromatic carbocycles. The summed E-state index contributed by atoms with van der Waals surface area (Å²) in [6, 6.07) is 15.7. The average Bonchev–Trinajstić information content (AvgIpc) is 3.02. The Kier molecular flexibility index (Phi) is 8.47. The number of hydrogen-bond acceptors (Lipinski definition) is 7. The highest BCUT2D eigenvalue weighted by Crippen LogP contribution is 2.28. The van der Waals surface area contributed by atoms with Crippen LogP contribution in [0, 0.1) is 5.92 Å². The number of aliphatic carboxylic acids is 1. The van der Waals surface area contributed by atoms with E-state index in [0.717, 1.165) is 16.2 Å². The summed E-state index contributed by atoms with van der Waals surface area (Å²) in [5.41, 5.74) is 1.69. The number of likely N-dealkylation sites (N-methyl/N-ethyl adjacent to an activating group) is 1. The second-order valence-corrected chi connectivity index (χ2v) is 9.46. The molecule has 2 N–H and O–H groups in total. The number of phenols is 1. The minimum atomic E-state index is -1.03. The molecule has 0 radical (unpaired) electrons. The first-order valence-corrected chi connectivity index (χ1v) is 12.4. The van der Waals surface area contributed by atoms with Crippen LogP contribution in [0.1, 0.15) is 24.0 Å². The van der Waals surface area contributed by atoms with Gasteiger partial charge in [-0.15, -0.1) is 0 Å². The number of carboxylic acid groups (broad SMARTS) is 1. The number of benzene rings is 2. The van der Waals surface area contributed by atoms with Crippen molar-refractivity contribution in [2.75, 3.05) is 26.7 Å². The predicted octanol–water partition coefficient (Wildman–Crippen LogP) is 2.04. The monoisotopic (exact) mass is 525 g/mol. The van der Waals surface area contributed by atoms with Crippen LogP contribution in [-0.2, 0) is 36.8 Å². The largest absolute Gasteiger partial charge is 0.508 e. The van der Waals surface area contributed by atoms with Gasteiger partial charge in [0.15, 0.2) is 12.3 Å². The summed E-state index contributed by atoms with van der Waals surface area (Å²) in [5, 5.41) is 19.6. The van der Waals surface area contributed by atoms with Gasteiger partial charge < -0.3 is 24.7 Å². The van der Waals surface area contributed by atoms with Gasteiger partial charge in [-0.05, 0) is 29.7 Å². The van der Waals surface area contributed by atoms with Crippen molar-refractivity contribution in [3.63, 3.8) is 0 Å². The fourth-order valence-electron chi connectivity index (χ4n) is 4.67. The van der Waals surface area contributed by atoms with Crippen LogP contribution in [0.5, 0.6) is 5.75 Å². The van der Waals surface area contributed by atoms with Crippen LogP contribution in [-0.4, -0.2) is 88.0 Å². The maximum Gasteiger partial charge on any atom is 0.436 e. The van der Waals surface area contributed by atoms with E-state index < -0.39 is 30.3 Å². The zero-order valence-electron chi connectivity index (χ0n) is 21.1. The quantitative estimate of drug-likeness (QED) is 0.534. The SMILES string of the molecule is CN1CC2N(C[C@@H](CCC(=O)O)C1=O)C(=O)[C@@H](Cc1ccccc1)ON2C(=O)OCCc1ccc(O)cc1. The highest BCUT2D eigenvalue weighted by molar-refractivity contribution is 5.86. The first kappa shape index (κ1) is 26.9. The number of aromatic hydroxyl groups is 1. The van der Waals surface area contributed by atoms with Crippen molar-refractivity contribution in [3.8, 4) is 5.75 Å². The molecule has 3 amide bonds. The fourth-order valence-corrected chi connectivity index (χ4v) is 4.67. The Balaban J connectivity index is 1.54. The van der Waals surface area contributed by atoms with Gasteiger partial charge in [0.2, 0.25) is 5.91 Å². The van der Waals surface area contributed by atoms with Crippen molar-refractivity contribution >= 4 is 23.9 Å². The molecule has 0 bridgehead atoms. The van der Waals surface area contributed by atoms with Crippen LogP contribution >= 0.6 is 0 Å². The van der Waals surface area contributed by atoms with Gasteiger partial charge in [0, 0.05) is 32.9 Å². The minimum absolute atomic E-state index is 0.0146. The molecule has 2 aromatic rings. The Morgan fingerprint density at radius 1 is 1.00 bits per heavy atom. The van der Waals surface area contributed by atoms with Gasteiger partial charge in [0.05, 0.1) is 19.1 Å². The Morgan fingerprint density at radius 3 is 2.39 bits per heavy atom. The lowest BCUT2D eigenvalue weighted by atomic mass is 10.0. The summed E-state index contributed by atoms with van der Waals surface area (Å²) < 4.78 is 5.49. The van der Waals surface area contributed by atoms with Crippen LogP contribution < -0.4 is 0 Å². The Labute approximate surface area is 220 Å². The van der Waals surface area contributed by atoms with Gasteiger partial charge in [-0.25, -0.2) is 4.79 Å². The molecule has 0 spiro atoms. The van der Waals surface area contributed by atoms with E-state index >= 15 is 0 Å². The number of fused-ring (bicyclic) bond motifs is 1. The third-order valence-electron chi connectivity index (χ3n) is 6.71. The first-order chi connectivity index (χ1) is 18.2. The van der Waals surface area contributed by atoms with Crippen LogP contribution in [0.15, 0.2) is 54.6 Å². The summed E-state index contributed by atoms with van der Waals surface area (Å²) in [5.74, 6) is -2.30. The number of carbonyl (C=O) groups excluding carboxylic acids is 3. The number of nitrogens with zero attached hydrogens (tertiary/aromatic N) is 3. The van der Waals surface area contributed by atoms with Gasteiger partial charge in [-0.2, -0.15) is 5.06 Å². The summed E-state index contributed by atoms with van der Waals surface area (Å²) in [6.45, 7) is -0.0192. The molecule has 202 valence electrons. The van der Waals surface area contributed by atoms with E-state index in [1.165, 1.54) is 9.80 Å². The zero-order chi connectivity index (χ0) is 27.2. The van der Waals surface area contributed by atoms with Crippen molar-refractivity contribution in [1.29, 1.82) is 0 Å². The second-order valence-electron chi connectivity index (χ2n) is 9.46. The minimum Gasteiger partial charge on any atom is -0.508 e. The number of amides is 3. The van der Waals surface area contributed by atoms with E-state index in [0.29, 0.717) is 6.42 Å². The third kappa shape index (κ3) is 6.41. The standard InChI is InChI=1S/C27H31N3O8/c1-28-17-23-29(16-20(25(28)34)9-12-24(32)33)26(35)22(15-19-5-3-2-4-6-19)38-30(23)27(36)37-14-13-18-7-10-21(31)11-8-18/h2-8,10-11,20,22-23,31H,9,12-17H2,1H3,(H,32,33)/t20-,22-,23?/m1/s1. The molecule has 0 aliphatic carbocycles. The second kappa shape index (κ2) is 12.0. The molecule has 11 nitrogen and oxygen atoms in total. The topological polar surface area (TPSA) is 137 Å². The van der Waals surface area contributed by atoms with E-state index in [2.05, 4.69) is 0 Å². The maximum atomic E-state index is 13.6. The molecule has 2 heterocycles. The Morgan fingerprint density at radius 2 is 1.71 bits per heavy atom. The number of carboxylic acids is 1. The number of hydroxylamine groups is 2. The summed E-state index contributed by atoms with van der Waals surface area (Å²) >= 11 is 0. The lowest BCUT2D eigenvalue weighted by Gasteiger charge is -2.44. The van der Waals surface area contributed by atoms with E-state index in [1.807, 2.05) is 30.3 Å². The molecule has 2 aliphatic rings. The zero-order valence-corrected chi connectivity index (χ0v) is 21.1. The van der Waals surface area contributed by atoms with Crippen molar-refractivity contribution < 1.29 is 39.0 Å². The highest BCUT2D eigenvalue weighted by Gasteiger charge is 2.48. The number of phenolic OH excluding ortho intramolecular Hbond substituents is 1. The predicted molar refractivity (Wildman–Crippen MR) is 134 cm³/mol. The van der Waals surface area contributed by atoms with Gasteiger partial charge in [0.25, 0.3) is 5.91 Å². The van der Waals surface area contributed by atoms with Crippen LogP contribution in [0.3, 0.4) is 0 Å². The summed E-state index contributed by atoms with van der Waals surface area (Å²) in [6.07, 6.45) is -2.31. The van der Waals surface area contributed by atoms with Crippen LogP contribution in [0.2, 0.25) is 0 Å².